The van der Waals surface area contributed by atoms with Crippen LogP contribution in [0.2, 0.25) is 0 Å². The summed E-state index contributed by atoms with van der Waals surface area (Å²) >= 11 is 0. The van der Waals surface area contributed by atoms with E-state index in [4.69, 9.17) is 0 Å². The standard InChI is InChI=1S/C14H14N2O2/c1-10-3-6-12(7-4-10)15-14(18)11-5-8-13(17)16(2)9-11/h3-9H,1-2H3,(H,15,18). The molecule has 1 amide bonds. The quantitative estimate of drug-likeness (QED) is 0.875. The van der Waals surface area contributed by atoms with Gasteiger partial charge in [-0.15, -0.1) is 0 Å². The van der Waals surface area contributed by atoms with Crippen LogP contribution in [0.1, 0.15) is 15.9 Å². The highest BCUT2D eigenvalue weighted by atomic mass is 16.2. The third kappa shape index (κ3) is 2.66. The van der Waals surface area contributed by atoms with Crippen molar-refractivity contribution in [3.8, 4) is 0 Å². The summed E-state index contributed by atoms with van der Waals surface area (Å²) in [6.45, 7) is 1.98. The van der Waals surface area contributed by atoms with E-state index in [-0.39, 0.29) is 11.5 Å². The molecular weight excluding hydrogens is 228 g/mol. The Morgan fingerprint density at radius 2 is 1.78 bits per heavy atom. The Kier molecular flexibility index (Phi) is 3.28. The molecule has 1 aromatic carbocycles. The maximum atomic E-state index is 11.9. The average molecular weight is 242 g/mol. The van der Waals surface area contributed by atoms with E-state index in [9.17, 15) is 9.59 Å². The summed E-state index contributed by atoms with van der Waals surface area (Å²) in [6.07, 6.45) is 1.52. The molecular formula is C14H14N2O2. The number of carbonyl (C=O) groups is 1. The molecule has 0 atom stereocenters. The normalized spacial score (nSPS) is 10.1. The minimum atomic E-state index is -0.227. The SMILES string of the molecule is Cc1ccc(NC(=O)c2ccc(=O)n(C)c2)cc1. The van der Waals surface area contributed by atoms with Gasteiger partial charge >= 0.3 is 0 Å². The monoisotopic (exact) mass is 242 g/mol. The van der Waals surface area contributed by atoms with Gasteiger partial charge in [-0.05, 0) is 25.1 Å². The van der Waals surface area contributed by atoms with E-state index < -0.39 is 0 Å². The lowest BCUT2D eigenvalue weighted by atomic mass is 10.2. The lowest BCUT2D eigenvalue weighted by molar-refractivity contribution is 0.102. The molecule has 1 aromatic heterocycles. The van der Waals surface area contributed by atoms with Crippen LogP contribution in [-0.4, -0.2) is 10.5 Å². The van der Waals surface area contributed by atoms with Crippen molar-refractivity contribution in [1.29, 1.82) is 0 Å². The lowest BCUT2D eigenvalue weighted by Crippen LogP contribution is -2.19. The van der Waals surface area contributed by atoms with E-state index in [1.807, 2.05) is 31.2 Å². The number of pyridine rings is 1. The van der Waals surface area contributed by atoms with E-state index in [1.54, 1.807) is 7.05 Å². The molecule has 0 aliphatic rings. The molecule has 18 heavy (non-hydrogen) atoms. The van der Waals surface area contributed by atoms with Gasteiger partial charge in [0, 0.05) is 25.0 Å². The lowest BCUT2D eigenvalue weighted by Gasteiger charge is -2.06. The van der Waals surface area contributed by atoms with Gasteiger partial charge in [0.15, 0.2) is 0 Å². The van der Waals surface area contributed by atoms with Crippen molar-refractivity contribution < 1.29 is 4.79 Å². The van der Waals surface area contributed by atoms with Crippen molar-refractivity contribution in [2.75, 3.05) is 5.32 Å². The highest BCUT2D eigenvalue weighted by Gasteiger charge is 2.06. The van der Waals surface area contributed by atoms with Gasteiger partial charge < -0.3 is 9.88 Å². The second-order valence-corrected chi connectivity index (χ2v) is 4.19. The molecule has 0 bridgehead atoms. The van der Waals surface area contributed by atoms with Gasteiger partial charge in [-0.3, -0.25) is 9.59 Å². The number of nitrogens with one attached hydrogen (secondary N) is 1. The third-order valence-corrected chi connectivity index (χ3v) is 2.66. The first kappa shape index (κ1) is 12.1. The van der Waals surface area contributed by atoms with Gasteiger partial charge in [0.05, 0.1) is 5.56 Å². The fourth-order valence-electron chi connectivity index (χ4n) is 1.57. The highest BCUT2D eigenvalue weighted by molar-refractivity contribution is 6.04. The first-order chi connectivity index (χ1) is 8.56. The van der Waals surface area contributed by atoms with Crippen LogP contribution < -0.4 is 10.9 Å². The second-order valence-electron chi connectivity index (χ2n) is 4.19. The number of benzene rings is 1. The molecule has 0 aliphatic carbocycles. The summed E-state index contributed by atoms with van der Waals surface area (Å²) in [5, 5.41) is 2.78. The van der Waals surface area contributed by atoms with Crippen molar-refractivity contribution in [3.63, 3.8) is 0 Å². The maximum absolute atomic E-state index is 11.9. The molecule has 0 unspecified atom stereocenters. The van der Waals surface area contributed by atoms with Gasteiger partial charge in [-0.25, -0.2) is 0 Å². The molecule has 0 aliphatic heterocycles. The average Bonchev–Trinajstić information content (AvgIpc) is 2.35. The van der Waals surface area contributed by atoms with Crippen LogP contribution in [0.3, 0.4) is 0 Å². The largest absolute Gasteiger partial charge is 0.322 e. The van der Waals surface area contributed by atoms with Gasteiger partial charge in [0.1, 0.15) is 0 Å². The molecule has 4 heteroatoms. The predicted molar refractivity (Wildman–Crippen MR) is 70.8 cm³/mol. The van der Waals surface area contributed by atoms with Gasteiger partial charge in [0.25, 0.3) is 5.91 Å². The number of amides is 1. The fraction of sp³-hybridized carbons (Fsp3) is 0.143. The van der Waals surface area contributed by atoms with Crippen molar-refractivity contribution in [3.05, 3.63) is 64.1 Å². The molecule has 0 saturated carbocycles. The van der Waals surface area contributed by atoms with Crippen molar-refractivity contribution in [2.45, 2.75) is 6.92 Å². The number of hydrogen-bond donors (Lipinski definition) is 1. The second kappa shape index (κ2) is 4.87. The topological polar surface area (TPSA) is 51.1 Å². The molecule has 2 aromatic rings. The zero-order valence-electron chi connectivity index (χ0n) is 10.3. The number of nitrogens with zero attached hydrogens (tertiary/aromatic N) is 1. The summed E-state index contributed by atoms with van der Waals surface area (Å²) < 4.78 is 1.38. The van der Waals surface area contributed by atoms with Crippen LogP contribution in [0.5, 0.6) is 0 Å². The molecule has 0 fully saturated rings. The van der Waals surface area contributed by atoms with Gasteiger partial charge in [0.2, 0.25) is 5.56 Å². The zero-order chi connectivity index (χ0) is 13.1. The Morgan fingerprint density at radius 1 is 1.11 bits per heavy atom. The molecule has 0 saturated heterocycles. The van der Waals surface area contributed by atoms with E-state index in [0.717, 1.165) is 11.3 Å². The summed E-state index contributed by atoms with van der Waals surface area (Å²) in [5.74, 6) is -0.227. The first-order valence-corrected chi connectivity index (χ1v) is 5.61. The van der Waals surface area contributed by atoms with Crippen LogP contribution in [-0.2, 0) is 7.05 Å². The Hall–Kier alpha value is -2.36. The van der Waals surface area contributed by atoms with E-state index >= 15 is 0 Å². The molecule has 2 rings (SSSR count). The van der Waals surface area contributed by atoms with Crippen LogP contribution in [0.15, 0.2) is 47.4 Å². The van der Waals surface area contributed by atoms with E-state index in [1.165, 1.54) is 22.9 Å². The summed E-state index contributed by atoms with van der Waals surface area (Å²) in [5.41, 5.74) is 2.19. The first-order valence-electron chi connectivity index (χ1n) is 5.61. The molecule has 92 valence electrons. The van der Waals surface area contributed by atoms with Crippen molar-refractivity contribution in [1.82, 2.24) is 4.57 Å². The maximum Gasteiger partial charge on any atom is 0.257 e. The Bertz CT molecular complexity index is 627. The predicted octanol–water partition coefficient (Wildman–Crippen LogP) is 1.95. The number of anilines is 1. The Labute approximate surface area is 105 Å². The Balaban J connectivity index is 2.19. The molecule has 1 N–H and O–H groups in total. The smallest absolute Gasteiger partial charge is 0.257 e. The molecule has 4 nitrogen and oxygen atoms in total. The summed E-state index contributed by atoms with van der Waals surface area (Å²) in [7, 11) is 1.62. The van der Waals surface area contributed by atoms with E-state index in [0.29, 0.717) is 5.56 Å². The van der Waals surface area contributed by atoms with E-state index in [2.05, 4.69) is 5.32 Å². The summed E-state index contributed by atoms with van der Waals surface area (Å²) in [6, 6.07) is 10.4. The van der Waals surface area contributed by atoms with Crippen LogP contribution >= 0.6 is 0 Å². The number of rotatable bonds is 2. The molecule has 0 radical (unpaired) electrons. The van der Waals surface area contributed by atoms with Crippen molar-refractivity contribution >= 4 is 11.6 Å². The number of aryl methyl sites for hydroxylation is 2. The van der Waals surface area contributed by atoms with Crippen LogP contribution in [0.25, 0.3) is 0 Å². The Morgan fingerprint density at radius 3 is 2.39 bits per heavy atom. The minimum absolute atomic E-state index is 0.137. The number of carbonyl (C=O) groups excluding carboxylic acids is 1. The summed E-state index contributed by atoms with van der Waals surface area (Å²) in [4.78, 5) is 23.2. The van der Waals surface area contributed by atoms with Crippen LogP contribution in [0, 0.1) is 6.92 Å². The third-order valence-electron chi connectivity index (χ3n) is 2.66. The molecule has 1 heterocycles. The zero-order valence-corrected chi connectivity index (χ0v) is 10.3. The fourth-order valence-corrected chi connectivity index (χ4v) is 1.57. The van der Waals surface area contributed by atoms with Crippen LogP contribution in [0.4, 0.5) is 5.69 Å². The number of hydrogen-bond acceptors (Lipinski definition) is 2. The highest BCUT2D eigenvalue weighted by Crippen LogP contribution is 2.10. The molecule has 0 spiro atoms. The van der Waals surface area contributed by atoms with Crippen molar-refractivity contribution in [2.24, 2.45) is 7.05 Å². The number of aromatic nitrogens is 1. The minimum Gasteiger partial charge on any atom is -0.322 e. The van der Waals surface area contributed by atoms with Gasteiger partial charge in [-0.2, -0.15) is 0 Å². The van der Waals surface area contributed by atoms with Gasteiger partial charge in [-0.1, -0.05) is 17.7 Å².